The van der Waals surface area contributed by atoms with Crippen LogP contribution in [-0.2, 0) is 14.6 Å². The third-order valence-electron chi connectivity index (χ3n) is 8.54. The standard InChI is InChI=1S/C27H29ClF2N2O7S/c1-14-8-16-10-18(12-19(14)27(16,36)24(33)13-32-6-7-39-26(32)35)40(37,38)23-9-15(2-4-20(23)28)25(34)31-17-3-5-21(29)22(30)11-17/h2-5,9,11,14,16,18-19,24,33,36H,6-8,10,12-13H2,1H3,(H,31,34)/t14-,16?,18+,19?,24?,27+/m0/s1. The van der Waals surface area contributed by atoms with Gasteiger partial charge in [-0.25, -0.2) is 22.0 Å². The van der Waals surface area contributed by atoms with Crippen LogP contribution >= 0.6 is 11.6 Å². The Morgan fingerprint density at radius 1 is 1.20 bits per heavy atom. The van der Waals surface area contributed by atoms with Crippen LogP contribution in [0.4, 0.5) is 19.3 Å². The zero-order chi connectivity index (χ0) is 29.0. The minimum Gasteiger partial charge on any atom is -0.448 e. The number of halogens is 3. The number of amides is 2. The minimum atomic E-state index is -4.09. The Hall–Kier alpha value is -2.80. The first-order chi connectivity index (χ1) is 18.8. The van der Waals surface area contributed by atoms with Crippen molar-refractivity contribution < 1.29 is 41.7 Å². The molecule has 6 atom stereocenters. The van der Waals surface area contributed by atoms with Gasteiger partial charge in [0.2, 0.25) is 0 Å². The number of nitrogens with one attached hydrogen (secondary N) is 1. The molecule has 5 rings (SSSR count). The molecule has 2 aromatic carbocycles. The second-order valence-corrected chi connectivity index (χ2v) is 13.5. The summed E-state index contributed by atoms with van der Waals surface area (Å²) in [5.41, 5.74) is -1.64. The Kier molecular flexibility index (Phi) is 7.58. The van der Waals surface area contributed by atoms with E-state index in [0.717, 1.165) is 18.2 Å². The minimum absolute atomic E-state index is 0.0128. The second kappa shape index (κ2) is 10.6. The topological polar surface area (TPSA) is 133 Å². The molecule has 2 bridgehead atoms. The summed E-state index contributed by atoms with van der Waals surface area (Å²) >= 11 is 6.29. The SMILES string of the molecule is C[C@H]1CC2C[C@@H](S(=O)(=O)c3cc(C(=O)Nc4ccc(F)c(F)c4)ccc3Cl)CC1[C@@]2(O)C(O)CN1CCOC1=O. The third kappa shape index (κ3) is 4.95. The smallest absolute Gasteiger partial charge is 0.410 e. The van der Waals surface area contributed by atoms with E-state index in [-0.39, 0.29) is 53.1 Å². The lowest BCUT2D eigenvalue weighted by atomic mass is 9.70. The second-order valence-electron chi connectivity index (χ2n) is 10.8. The van der Waals surface area contributed by atoms with E-state index in [0.29, 0.717) is 13.0 Å². The van der Waals surface area contributed by atoms with Gasteiger partial charge in [0.05, 0.1) is 33.9 Å². The summed E-state index contributed by atoms with van der Waals surface area (Å²) in [5, 5.41) is 24.2. The highest BCUT2D eigenvalue weighted by molar-refractivity contribution is 7.92. The lowest BCUT2D eigenvalue weighted by molar-refractivity contribution is -0.148. The van der Waals surface area contributed by atoms with Crippen LogP contribution < -0.4 is 5.32 Å². The first kappa shape index (κ1) is 28.7. The maximum absolute atomic E-state index is 13.8. The van der Waals surface area contributed by atoms with Crippen LogP contribution in [0.5, 0.6) is 0 Å². The Balaban J connectivity index is 1.37. The van der Waals surface area contributed by atoms with Gasteiger partial charge in [-0.1, -0.05) is 18.5 Å². The number of carbonyl (C=O) groups excluding carboxylic acids is 2. The molecule has 0 spiro atoms. The van der Waals surface area contributed by atoms with Crippen molar-refractivity contribution in [2.24, 2.45) is 17.8 Å². The van der Waals surface area contributed by atoms with Gasteiger partial charge in [0.1, 0.15) is 12.7 Å². The number of hydrogen-bond acceptors (Lipinski definition) is 7. The number of aliphatic hydroxyl groups excluding tert-OH is 1. The van der Waals surface area contributed by atoms with Crippen LogP contribution in [-0.4, -0.2) is 72.2 Å². The van der Waals surface area contributed by atoms with Crippen LogP contribution in [0.1, 0.15) is 36.5 Å². The number of carbonyl (C=O) groups is 2. The molecule has 216 valence electrons. The maximum atomic E-state index is 13.8. The number of benzene rings is 2. The molecule has 40 heavy (non-hydrogen) atoms. The molecule has 9 nitrogen and oxygen atoms in total. The molecule has 3 N–H and O–H groups in total. The first-order valence-corrected chi connectivity index (χ1v) is 14.9. The van der Waals surface area contributed by atoms with Crippen molar-refractivity contribution in [2.75, 3.05) is 25.0 Å². The molecule has 2 aliphatic carbocycles. The van der Waals surface area contributed by atoms with Gasteiger partial charge in [0.15, 0.2) is 21.5 Å². The molecule has 3 aliphatic rings. The molecule has 2 amide bonds. The van der Waals surface area contributed by atoms with E-state index < -0.39 is 62.3 Å². The van der Waals surface area contributed by atoms with Crippen molar-refractivity contribution in [3.8, 4) is 0 Å². The van der Waals surface area contributed by atoms with E-state index >= 15 is 0 Å². The molecule has 3 fully saturated rings. The van der Waals surface area contributed by atoms with Gasteiger partial charge in [0.25, 0.3) is 5.91 Å². The maximum Gasteiger partial charge on any atom is 0.410 e. The van der Waals surface area contributed by atoms with E-state index in [9.17, 15) is 37.0 Å². The molecule has 1 aliphatic heterocycles. The summed E-state index contributed by atoms with van der Waals surface area (Å²) in [5.74, 6) is -4.16. The lowest BCUT2D eigenvalue weighted by Crippen LogP contribution is -2.59. The number of aliphatic hydroxyl groups is 2. The molecule has 1 heterocycles. The summed E-state index contributed by atoms with van der Waals surface area (Å²) < 4.78 is 59.3. The molecule has 0 radical (unpaired) electrons. The number of sulfone groups is 1. The Labute approximate surface area is 235 Å². The number of fused-ring (bicyclic) bond motifs is 2. The average molecular weight is 599 g/mol. The summed E-state index contributed by atoms with van der Waals surface area (Å²) in [4.78, 5) is 25.7. The zero-order valence-corrected chi connectivity index (χ0v) is 23.1. The number of β-amino-alcohol motifs (C(OH)–C–C–N with tert-alkyl or cyclic N) is 1. The number of hydrogen-bond donors (Lipinski definition) is 3. The lowest BCUT2D eigenvalue weighted by Gasteiger charge is -2.46. The summed E-state index contributed by atoms with van der Waals surface area (Å²) in [6, 6.07) is 6.58. The molecule has 13 heteroatoms. The quantitative estimate of drug-likeness (QED) is 0.443. The summed E-state index contributed by atoms with van der Waals surface area (Å²) in [6.07, 6.45) is -1.24. The van der Waals surface area contributed by atoms with E-state index in [1.54, 1.807) is 0 Å². The van der Waals surface area contributed by atoms with Crippen LogP contribution in [0.2, 0.25) is 5.02 Å². The summed E-state index contributed by atoms with van der Waals surface area (Å²) in [7, 11) is -4.09. The Morgan fingerprint density at radius 2 is 1.95 bits per heavy atom. The summed E-state index contributed by atoms with van der Waals surface area (Å²) in [6.45, 7) is 2.28. The van der Waals surface area contributed by atoms with Crippen molar-refractivity contribution >= 4 is 39.1 Å². The number of anilines is 1. The molecular weight excluding hydrogens is 570 g/mol. The van der Waals surface area contributed by atoms with Crippen molar-refractivity contribution in [3.05, 3.63) is 58.6 Å². The van der Waals surface area contributed by atoms with Gasteiger partial charge >= 0.3 is 6.09 Å². The predicted molar refractivity (Wildman–Crippen MR) is 141 cm³/mol. The zero-order valence-electron chi connectivity index (χ0n) is 21.5. The number of ether oxygens (including phenoxy) is 1. The highest BCUT2D eigenvalue weighted by Crippen LogP contribution is 2.56. The fourth-order valence-corrected chi connectivity index (χ4v) is 8.88. The van der Waals surface area contributed by atoms with Gasteiger partial charge in [-0.2, -0.15) is 0 Å². The molecular formula is C27H29ClF2N2O7S. The van der Waals surface area contributed by atoms with Crippen LogP contribution in [0.25, 0.3) is 0 Å². The van der Waals surface area contributed by atoms with E-state index in [1.165, 1.54) is 23.1 Å². The highest BCUT2D eigenvalue weighted by atomic mass is 35.5. The normalized spacial score (nSPS) is 28.9. The van der Waals surface area contributed by atoms with Gasteiger partial charge in [-0.3, -0.25) is 4.79 Å². The van der Waals surface area contributed by atoms with E-state index in [4.69, 9.17) is 16.3 Å². The molecule has 2 saturated carbocycles. The van der Waals surface area contributed by atoms with Gasteiger partial charge in [-0.05, 0) is 67.3 Å². The average Bonchev–Trinajstić information content (AvgIpc) is 3.33. The van der Waals surface area contributed by atoms with E-state index in [1.807, 2.05) is 6.92 Å². The predicted octanol–water partition coefficient (Wildman–Crippen LogP) is 3.62. The van der Waals surface area contributed by atoms with Crippen LogP contribution in [0, 0.1) is 29.4 Å². The highest BCUT2D eigenvalue weighted by Gasteiger charge is 2.61. The largest absolute Gasteiger partial charge is 0.448 e. The molecule has 2 aromatic rings. The number of rotatable bonds is 7. The fraction of sp³-hybridized carbons (Fsp3) is 0.481. The molecule has 3 unspecified atom stereocenters. The van der Waals surface area contributed by atoms with Gasteiger partial charge < -0.3 is 25.2 Å². The molecule has 0 aromatic heterocycles. The third-order valence-corrected chi connectivity index (χ3v) is 11.2. The van der Waals surface area contributed by atoms with Gasteiger partial charge in [-0.15, -0.1) is 0 Å². The van der Waals surface area contributed by atoms with Crippen molar-refractivity contribution in [3.63, 3.8) is 0 Å². The van der Waals surface area contributed by atoms with Crippen molar-refractivity contribution in [1.29, 1.82) is 0 Å². The monoisotopic (exact) mass is 598 g/mol. The molecule has 1 saturated heterocycles. The van der Waals surface area contributed by atoms with Crippen LogP contribution in [0.15, 0.2) is 41.3 Å². The van der Waals surface area contributed by atoms with E-state index in [2.05, 4.69) is 5.32 Å². The Bertz CT molecular complexity index is 1460. The van der Waals surface area contributed by atoms with Crippen molar-refractivity contribution in [2.45, 2.75) is 48.0 Å². The first-order valence-electron chi connectivity index (χ1n) is 12.9. The van der Waals surface area contributed by atoms with Crippen LogP contribution in [0.3, 0.4) is 0 Å². The number of cyclic esters (lactones) is 1. The van der Waals surface area contributed by atoms with Gasteiger partial charge in [0, 0.05) is 17.3 Å². The number of nitrogens with zero attached hydrogens (tertiary/aromatic N) is 1. The Morgan fingerprint density at radius 3 is 2.60 bits per heavy atom. The fourth-order valence-electron chi connectivity index (χ4n) is 6.50. The van der Waals surface area contributed by atoms with Crippen molar-refractivity contribution in [1.82, 2.24) is 4.90 Å².